The van der Waals surface area contributed by atoms with Crippen molar-refractivity contribution in [2.24, 2.45) is 5.92 Å². The molecule has 148 valence electrons. The minimum atomic E-state index is -0.802. The molecule has 6 nitrogen and oxygen atoms in total. The number of amides is 2. The predicted molar refractivity (Wildman–Crippen MR) is 102 cm³/mol. The third-order valence-electron chi connectivity index (χ3n) is 5.09. The molecule has 1 aliphatic carbocycles. The number of hydrogen-bond acceptors (Lipinski definition) is 5. The van der Waals surface area contributed by atoms with Crippen molar-refractivity contribution in [2.45, 2.75) is 32.2 Å². The van der Waals surface area contributed by atoms with Gasteiger partial charge in [-0.05, 0) is 25.0 Å². The summed E-state index contributed by atoms with van der Waals surface area (Å²) in [4.78, 5) is 31.8. The lowest BCUT2D eigenvalue weighted by Crippen LogP contribution is -2.36. The Morgan fingerprint density at radius 2 is 2.07 bits per heavy atom. The standard InChI is InChI=1S/C19H20F2N4O2S/c20-12-4-5-14(13(21)8-12)22-17(26)10-25-7-6-15-16(9-25)28-19(23-15)24-18(27)11-2-1-3-11/h4-5,8,11H,1-3,6-7,9-10H2,(H,22,26)(H,23,24,27). The van der Waals surface area contributed by atoms with Crippen molar-refractivity contribution >= 4 is 34.0 Å². The fourth-order valence-corrected chi connectivity index (χ4v) is 4.35. The summed E-state index contributed by atoms with van der Waals surface area (Å²) in [6, 6.07) is 3.04. The molecule has 2 aliphatic rings. The molecule has 4 rings (SSSR count). The van der Waals surface area contributed by atoms with Gasteiger partial charge in [-0.15, -0.1) is 11.3 Å². The van der Waals surface area contributed by atoms with E-state index >= 15 is 0 Å². The SMILES string of the molecule is O=C(CN1CCc2nc(NC(=O)C3CCC3)sc2C1)Nc1ccc(F)cc1F. The molecule has 1 aromatic carbocycles. The number of aromatic nitrogens is 1. The molecular formula is C19H20F2N4O2S. The van der Waals surface area contributed by atoms with Crippen LogP contribution in [-0.2, 0) is 22.6 Å². The van der Waals surface area contributed by atoms with Gasteiger partial charge in [-0.2, -0.15) is 0 Å². The highest BCUT2D eigenvalue weighted by molar-refractivity contribution is 7.15. The van der Waals surface area contributed by atoms with Gasteiger partial charge in [0, 0.05) is 36.4 Å². The summed E-state index contributed by atoms with van der Waals surface area (Å²) in [6.07, 6.45) is 3.66. The van der Waals surface area contributed by atoms with E-state index in [9.17, 15) is 18.4 Å². The maximum atomic E-state index is 13.7. The van der Waals surface area contributed by atoms with Crippen LogP contribution in [0.1, 0.15) is 29.8 Å². The first-order chi connectivity index (χ1) is 13.5. The van der Waals surface area contributed by atoms with Gasteiger partial charge in [0.1, 0.15) is 11.6 Å². The molecular weight excluding hydrogens is 386 g/mol. The molecule has 0 bridgehead atoms. The first-order valence-corrected chi connectivity index (χ1v) is 10.1. The molecule has 2 heterocycles. The Morgan fingerprint density at radius 1 is 1.25 bits per heavy atom. The Hall–Kier alpha value is -2.39. The van der Waals surface area contributed by atoms with E-state index in [-0.39, 0.29) is 30.0 Å². The Labute approximate surface area is 164 Å². The van der Waals surface area contributed by atoms with Crippen molar-refractivity contribution in [3.63, 3.8) is 0 Å². The second-order valence-corrected chi connectivity index (χ2v) is 8.22. The first-order valence-electron chi connectivity index (χ1n) is 9.24. The number of nitrogens with one attached hydrogen (secondary N) is 2. The summed E-state index contributed by atoms with van der Waals surface area (Å²) in [5, 5.41) is 5.98. The fraction of sp³-hybridized carbons (Fsp3) is 0.421. The van der Waals surface area contributed by atoms with Crippen LogP contribution in [0.2, 0.25) is 0 Å². The van der Waals surface area contributed by atoms with Gasteiger partial charge < -0.3 is 10.6 Å². The van der Waals surface area contributed by atoms with Gasteiger partial charge in [-0.3, -0.25) is 14.5 Å². The Kier molecular flexibility index (Phi) is 5.36. The van der Waals surface area contributed by atoms with Crippen LogP contribution in [0.4, 0.5) is 19.6 Å². The third-order valence-corrected chi connectivity index (χ3v) is 6.09. The summed E-state index contributed by atoms with van der Waals surface area (Å²) < 4.78 is 26.6. The molecule has 0 unspecified atom stereocenters. The largest absolute Gasteiger partial charge is 0.322 e. The topological polar surface area (TPSA) is 74.3 Å². The van der Waals surface area contributed by atoms with Crippen molar-refractivity contribution in [1.82, 2.24) is 9.88 Å². The minimum Gasteiger partial charge on any atom is -0.322 e. The Balaban J connectivity index is 1.33. The molecule has 2 N–H and O–H groups in total. The van der Waals surface area contributed by atoms with E-state index in [1.807, 2.05) is 4.90 Å². The average Bonchev–Trinajstić information content (AvgIpc) is 2.97. The van der Waals surface area contributed by atoms with Crippen molar-refractivity contribution in [3.05, 3.63) is 40.4 Å². The van der Waals surface area contributed by atoms with Crippen LogP contribution in [0.3, 0.4) is 0 Å². The van der Waals surface area contributed by atoms with Gasteiger partial charge >= 0.3 is 0 Å². The van der Waals surface area contributed by atoms with E-state index in [1.54, 1.807) is 0 Å². The molecule has 9 heteroatoms. The highest BCUT2D eigenvalue weighted by atomic mass is 32.1. The van der Waals surface area contributed by atoms with Crippen LogP contribution in [0.25, 0.3) is 0 Å². The number of nitrogens with zero attached hydrogens (tertiary/aromatic N) is 2. The van der Waals surface area contributed by atoms with Gasteiger partial charge in [-0.25, -0.2) is 13.8 Å². The number of fused-ring (bicyclic) bond motifs is 1. The summed E-state index contributed by atoms with van der Waals surface area (Å²) in [5.74, 6) is -1.71. The molecule has 1 aliphatic heterocycles. The molecule has 1 saturated carbocycles. The molecule has 1 fully saturated rings. The number of carbonyl (C=O) groups excluding carboxylic acids is 2. The van der Waals surface area contributed by atoms with Crippen LogP contribution in [0, 0.1) is 17.6 Å². The van der Waals surface area contributed by atoms with E-state index in [0.29, 0.717) is 24.6 Å². The molecule has 0 radical (unpaired) electrons. The van der Waals surface area contributed by atoms with E-state index < -0.39 is 11.6 Å². The normalized spacial score (nSPS) is 16.9. The highest BCUT2D eigenvalue weighted by Crippen LogP contribution is 2.31. The maximum absolute atomic E-state index is 13.7. The summed E-state index contributed by atoms with van der Waals surface area (Å²) in [5.41, 5.74) is 0.915. The fourth-order valence-electron chi connectivity index (χ4n) is 3.30. The summed E-state index contributed by atoms with van der Waals surface area (Å²) >= 11 is 1.44. The predicted octanol–water partition coefficient (Wildman–Crippen LogP) is 3.16. The van der Waals surface area contributed by atoms with Crippen molar-refractivity contribution in [1.29, 1.82) is 0 Å². The zero-order chi connectivity index (χ0) is 19.7. The van der Waals surface area contributed by atoms with Crippen molar-refractivity contribution < 1.29 is 18.4 Å². The number of halogens is 2. The van der Waals surface area contributed by atoms with E-state index in [4.69, 9.17) is 0 Å². The summed E-state index contributed by atoms with van der Waals surface area (Å²) in [7, 11) is 0. The second-order valence-electron chi connectivity index (χ2n) is 7.14. The number of rotatable bonds is 5. The van der Waals surface area contributed by atoms with E-state index in [1.165, 1.54) is 17.4 Å². The van der Waals surface area contributed by atoms with Gasteiger partial charge in [0.25, 0.3) is 0 Å². The summed E-state index contributed by atoms with van der Waals surface area (Å²) in [6.45, 7) is 1.29. The molecule has 0 saturated heterocycles. The van der Waals surface area contributed by atoms with Crippen molar-refractivity contribution in [2.75, 3.05) is 23.7 Å². The number of benzene rings is 1. The van der Waals surface area contributed by atoms with Gasteiger partial charge in [0.2, 0.25) is 11.8 Å². The van der Waals surface area contributed by atoms with Crippen LogP contribution in [0.15, 0.2) is 18.2 Å². The van der Waals surface area contributed by atoms with Crippen molar-refractivity contribution in [3.8, 4) is 0 Å². The minimum absolute atomic E-state index is 0.0369. The zero-order valence-corrected chi connectivity index (χ0v) is 16.0. The van der Waals surface area contributed by atoms with Gasteiger partial charge in [0.15, 0.2) is 5.13 Å². The molecule has 0 spiro atoms. The highest BCUT2D eigenvalue weighted by Gasteiger charge is 2.27. The smallest absolute Gasteiger partial charge is 0.238 e. The quantitative estimate of drug-likeness (QED) is 0.800. The van der Waals surface area contributed by atoms with Crippen LogP contribution in [0.5, 0.6) is 0 Å². The van der Waals surface area contributed by atoms with E-state index in [0.717, 1.165) is 42.0 Å². The number of carbonyl (C=O) groups is 2. The van der Waals surface area contributed by atoms with E-state index in [2.05, 4.69) is 15.6 Å². The Bertz CT molecular complexity index is 913. The average molecular weight is 406 g/mol. The lowest BCUT2D eigenvalue weighted by atomic mass is 9.85. The number of thiazole rings is 1. The first kappa shape index (κ1) is 18.9. The van der Waals surface area contributed by atoms with Crippen LogP contribution < -0.4 is 10.6 Å². The molecule has 2 aromatic rings. The lowest BCUT2D eigenvalue weighted by molar-refractivity contribution is -0.122. The Morgan fingerprint density at radius 3 is 2.79 bits per heavy atom. The van der Waals surface area contributed by atoms with Crippen LogP contribution in [-0.4, -0.2) is 34.8 Å². The molecule has 2 amide bonds. The molecule has 28 heavy (non-hydrogen) atoms. The lowest BCUT2D eigenvalue weighted by Gasteiger charge is -2.25. The monoisotopic (exact) mass is 406 g/mol. The zero-order valence-electron chi connectivity index (χ0n) is 15.1. The number of anilines is 2. The van der Waals surface area contributed by atoms with Gasteiger partial charge in [-0.1, -0.05) is 6.42 Å². The second kappa shape index (κ2) is 7.92. The maximum Gasteiger partial charge on any atom is 0.238 e. The van der Waals surface area contributed by atoms with Gasteiger partial charge in [0.05, 0.1) is 17.9 Å². The van der Waals surface area contributed by atoms with Crippen LogP contribution >= 0.6 is 11.3 Å². The molecule has 1 aromatic heterocycles. The number of hydrogen-bond donors (Lipinski definition) is 2. The third kappa shape index (κ3) is 4.20. The molecule has 0 atom stereocenters.